The minimum Gasteiger partial charge on any atom is -0.206 e. The molecule has 0 aliphatic heterocycles. The highest BCUT2D eigenvalue weighted by Crippen LogP contribution is 2.41. The lowest BCUT2D eigenvalue weighted by Gasteiger charge is -2.12. The van der Waals surface area contributed by atoms with Gasteiger partial charge in [-0.3, -0.25) is 0 Å². The summed E-state index contributed by atoms with van der Waals surface area (Å²) in [6, 6.07) is 5.59. The van der Waals surface area contributed by atoms with E-state index in [2.05, 4.69) is 31.9 Å². The Balaban J connectivity index is 2.46. The number of hydrogen-bond acceptors (Lipinski definition) is 1. The third-order valence-corrected chi connectivity index (χ3v) is 5.58. The molecule has 1 atom stereocenters. The monoisotopic (exact) mass is 410 g/mol. The maximum atomic E-state index is 13.6. The van der Waals surface area contributed by atoms with Gasteiger partial charge >= 0.3 is 0 Å². The number of benzene rings is 1. The van der Waals surface area contributed by atoms with Crippen LogP contribution in [0.25, 0.3) is 0 Å². The summed E-state index contributed by atoms with van der Waals surface area (Å²) in [5, 5.41) is -0.278. The Morgan fingerprint density at radius 2 is 1.72 bits per heavy atom. The molecule has 0 aliphatic rings. The third-order valence-electron chi connectivity index (χ3n) is 2.71. The fourth-order valence-corrected chi connectivity index (χ4v) is 5.23. The van der Waals surface area contributed by atoms with Gasteiger partial charge in [0.2, 0.25) is 0 Å². The molecule has 0 radical (unpaired) electrons. The first-order chi connectivity index (χ1) is 8.40. The second-order valence-electron chi connectivity index (χ2n) is 4.11. The van der Waals surface area contributed by atoms with Crippen LogP contribution < -0.4 is 0 Å². The predicted octanol–water partition coefficient (Wildman–Crippen LogP) is 6.36. The van der Waals surface area contributed by atoms with Crippen LogP contribution in [0.2, 0.25) is 0 Å². The van der Waals surface area contributed by atoms with Gasteiger partial charge in [0.15, 0.2) is 0 Å². The van der Waals surface area contributed by atoms with Gasteiger partial charge in [-0.05, 0) is 68.5 Å². The predicted molar refractivity (Wildman–Crippen MR) is 83.3 cm³/mol. The Labute approximate surface area is 131 Å². The van der Waals surface area contributed by atoms with E-state index in [1.807, 2.05) is 6.07 Å². The maximum Gasteiger partial charge on any atom is 0.129 e. The molecule has 18 heavy (non-hydrogen) atoms. The number of aryl methyl sites for hydroxylation is 2. The molecular weight excluding hydrogens is 402 g/mol. The van der Waals surface area contributed by atoms with Crippen LogP contribution in [0, 0.1) is 19.7 Å². The Morgan fingerprint density at radius 3 is 2.17 bits per heavy atom. The first-order valence-corrected chi connectivity index (χ1v) is 8.09. The molecule has 1 heterocycles. The van der Waals surface area contributed by atoms with E-state index < -0.39 is 0 Å². The standard InChI is InChI=1S/C13H10Br2ClFS/c1-6-3-8(4-7(2)12(6)17)11(16)9-5-10(14)18-13(9)15/h3-5,11H,1-2H3. The van der Waals surface area contributed by atoms with Crippen molar-refractivity contribution in [2.45, 2.75) is 19.2 Å². The molecule has 5 heteroatoms. The van der Waals surface area contributed by atoms with Gasteiger partial charge in [-0.2, -0.15) is 0 Å². The second kappa shape index (κ2) is 5.61. The lowest BCUT2D eigenvalue weighted by Crippen LogP contribution is -1.97. The molecule has 1 aromatic heterocycles. The summed E-state index contributed by atoms with van der Waals surface area (Å²) >= 11 is 15.0. The SMILES string of the molecule is Cc1cc(C(Cl)c2cc(Br)sc2Br)cc(C)c1F. The van der Waals surface area contributed by atoms with Gasteiger partial charge in [-0.15, -0.1) is 22.9 Å². The van der Waals surface area contributed by atoms with E-state index in [1.54, 1.807) is 37.3 Å². The minimum atomic E-state index is -0.278. The van der Waals surface area contributed by atoms with Gasteiger partial charge < -0.3 is 0 Å². The van der Waals surface area contributed by atoms with E-state index in [9.17, 15) is 4.39 Å². The first kappa shape index (κ1) is 14.5. The molecule has 96 valence electrons. The van der Waals surface area contributed by atoms with Gasteiger partial charge in [0.25, 0.3) is 0 Å². The molecule has 0 amide bonds. The number of alkyl halides is 1. The molecule has 0 saturated heterocycles. The van der Waals surface area contributed by atoms with Crippen molar-refractivity contribution in [2.24, 2.45) is 0 Å². The van der Waals surface area contributed by atoms with Crippen molar-refractivity contribution in [1.82, 2.24) is 0 Å². The zero-order chi connectivity index (χ0) is 13.4. The van der Waals surface area contributed by atoms with Crippen molar-refractivity contribution in [2.75, 3.05) is 0 Å². The van der Waals surface area contributed by atoms with Crippen LogP contribution in [0.5, 0.6) is 0 Å². The first-order valence-electron chi connectivity index (χ1n) is 5.25. The van der Waals surface area contributed by atoms with E-state index in [4.69, 9.17) is 11.6 Å². The average molecular weight is 413 g/mol. The maximum absolute atomic E-state index is 13.6. The quantitative estimate of drug-likeness (QED) is 0.504. The van der Waals surface area contributed by atoms with Crippen molar-refractivity contribution in [3.05, 3.63) is 53.8 Å². The summed E-state index contributed by atoms with van der Waals surface area (Å²) in [5.41, 5.74) is 3.17. The summed E-state index contributed by atoms with van der Waals surface area (Å²) in [6.07, 6.45) is 0. The number of hydrogen-bond donors (Lipinski definition) is 0. The molecule has 0 spiro atoms. The van der Waals surface area contributed by atoms with Gasteiger partial charge in [-0.1, -0.05) is 12.1 Å². The van der Waals surface area contributed by atoms with E-state index in [0.29, 0.717) is 11.1 Å². The topological polar surface area (TPSA) is 0 Å². The summed E-state index contributed by atoms with van der Waals surface area (Å²) in [5.74, 6) is -0.159. The van der Waals surface area contributed by atoms with Gasteiger partial charge in [-0.25, -0.2) is 4.39 Å². The van der Waals surface area contributed by atoms with Crippen molar-refractivity contribution >= 4 is 54.8 Å². The molecular formula is C13H10Br2ClFS. The fourth-order valence-electron chi connectivity index (χ4n) is 1.83. The van der Waals surface area contributed by atoms with Crippen LogP contribution >= 0.6 is 54.8 Å². The lowest BCUT2D eigenvalue weighted by molar-refractivity contribution is 0.608. The summed E-state index contributed by atoms with van der Waals surface area (Å²) in [6.45, 7) is 3.52. The van der Waals surface area contributed by atoms with Crippen LogP contribution in [0.4, 0.5) is 4.39 Å². The highest BCUT2D eigenvalue weighted by atomic mass is 79.9. The van der Waals surface area contributed by atoms with Crippen molar-refractivity contribution in [3.63, 3.8) is 0 Å². The molecule has 1 aromatic carbocycles. The minimum absolute atomic E-state index is 0.159. The molecule has 0 aliphatic carbocycles. The zero-order valence-corrected chi connectivity index (χ0v) is 14.5. The zero-order valence-electron chi connectivity index (χ0n) is 9.73. The number of thiophene rings is 1. The second-order valence-corrected chi connectivity index (χ2v) is 8.30. The smallest absolute Gasteiger partial charge is 0.129 e. The normalized spacial score (nSPS) is 12.8. The van der Waals surface area contributed by atoms with Crippen molar-refractivity contribution < 1.29 is 4.39 Å². The van der Waals surface area contributed by atoms with Crippen molar-refractivity contribution in [3.8, 4) is 0 Å². The Morgan fingerprint density at radius 1 is 1.17 bits per heavy atom. The Kier molecular flexibility index (Phi) is 4.52. The van der Waals surface area contributed by atoms with Gasteiger partial charge in [0.1, 0.15) is 5.82 Å². The van der Waals surface area contributed by atoms with Crippen molar-refractivity contribution in [1.29, 1.82) is 0 Å². The van der Waals surface area contributed by atoms with E-state index >= 15 is 0 Å². The molecule has 0 N–H and O–H groups in total. The molecule has 2 aromatic rings. The fraction of sp³-hybridized carbons (Fsp3) is 0.231. The third kappa shape index (κ3) is 2.82. The van der Waals surface area contributed by atoms with Crippen LogP contribution in [0.1, 0.15) is 27.6 Å². The van der Waals surface area contributed by atoms with Crippen LogP contribution in [-0.2, 0) is 0 Å². The molecule has 0 nitrogen and oxygen atoms in total. The summed E-state index contributed by atoms with van der Waals surface area (Å²) < 4.78 is 15.6. The average Bonchev–Trinajstić information content (AvgIpc) is 2.63. The molecule has 1 unspecified atom stereocenters. The highest BCUT2D eigenvalue weighted by molar-refractivity contribution is 9.12. The number of halogens is 4. The Hall–Kier alpha value is 0.1000. The number of rotatable bonds is 2. The van der Waals surface area contributed by atoms with E-state index in [-0.39, 0.29) is 11.2 Å². The van der Waals surface area contributed by atoms with Crippen LogP contribution in [-0.4, -0.2) is 0 Å². The summed E-state index contributed by atoms with van der Waals surface area (Å²) in [7, 11) is 0. The molecule has 2 rings (SSSR count). The van der Waals surface area contributed by atoms with Gasteiger partial charge in [0, 0.05) is 5.56 Å². The molecule has 0 saturated carbocycles. The molecule has 0 fully saturated rings. The van der Waals surface area contributed by atoms with Crippen LogP contribution in [0.3, 0.4) is 0 Å². The molecule has 0 bridgehead atoms. The lowest BCUT2D eigenvalue weighted by atomic mass is 10.0. The van der Waals surface area contributed by atoms with E-state index in [0.717, 1.165) is 18.7 Å². The van der Waals surface area contributed by atoms with E-state index in [1.165, 1.54) is 0 Å². The van der Waals surface area contributed by atoms with Crippen LogP contribution in [0.15, 0.2) is 25.8 Å². The highest BCUT2D eigenvalue weighted by Gasteiger charge is 2.18. The van der Waals surface area contributed by atoms with Gasteiger partial charge in [0.05, 0.1) is 12.9 Å². The largest absolute Gasteiger partial charge is 0.206 e. The Bertz CT molecular complexity index is 572. The summed E-state index contributed by atoms with van der Waals surface area (Å²) in [4.78, 5) is 0.